The average Bonchev–Trinajstić information content (AvgIpc) is 2.59. The van der Waals surface area contributed by atoms with Gasteiger partial charge in [0.2, 0.25) is 0 Å². The van der Waals surface area contributed by atoms with Crippen molar-refractivity contribution in [2.24, 2.45) is 5.92 Å². The normalized spacial score (nSPS) is 18.0. The summed E-state index contributed by atoms with van der Waals surface area (Å²) in [7, 11) is 0. The smallest absolute Gasteiger partial charge is 0.308 e. The van der Waals surface area contributed by atoms with Crippen LogP contribution in [0.3, 0.4) is 0 Å². The molecule has 2 nitrogen and oxygen atoms in total. The Balaban J connectivity index is 1.45. The number of benzene rings is 1. The molecular formula is C21H32O2. The fourth-order valence-electron chi connectivity index (χ4n) is 3.37. The molecule has 2 rings (SSSR count). The van der Waals surface area contributed by atoms with E-state index >= 15 is 0 Å². The molecule has 0 spiro atoms. The maximum Gasteiger partial charge on any atom is 0.308 e. The zero-order valence-corrected chi connectivity index (χ0v) is 14.7. The summed E-state index contributed by atoms with van der Waals surface area (Å²) in [6.45, 7) is 2.84. The van der Waals surface area contributed by atoms with Gasteiger partial charge in [0.1, 0.15) is 0 Å². The van der Waals surface area contributed by atoms with Crippen molar-refractivity contribution < 1.29 is 9.53 Å². The van der Waals surface area contributed by atoms with Crippen LogP contribution in [0.2, 0.25) is 0 Å². The van der Waals surface area contributed by atoms with E-state index in [1.807, 2.05) is 0 Å². The molecule has 0 N–H and O–H groups in total. The van der Waals surface area contributed by atoms with E-state index in [2.05, 4.69) is 31.2 Å². The van der Waals surface area contributed by atoms with E-state index in [0.717, 1.165) is 25.7 Å². The van der Waals surface area contributed by atoms with Gasteiger partial charge >= 0.3 is 5.97 Å². The van der Waals surface area contributed by atoms with Crippen LogP contribution in [0.25, 0.3) is 0 Å². The second kappa shape index (κ2) is 10.5. The molecule has 1 atom stereocenters. The number of hydrogen-bond acceptors (Lipinski definition) is 2. The molecule has 0 aliphatic carbocycles. The lowest BCUT2D eigenvalue weighted by molar-refractivity contribution is -0.153. The predicted octanol–water partition coefficient (Wildman–Crippen LogP) is 5.48. The van der Waals surface area contributed by atoms with Gasteiger partial charge in [0.15, 0.2) is 0 Å². The largest absolute Gasteiger partial charge is 0.465 e. The lowest BCUT2D eigenvalue weighted by atomic mass is 9.94. The Labute approximate surface area is 141 Å². The van der Waals surface area contributed by atoms with Crippen LogP contribution in [0, 0.1) is 5.92 Å². The first kappa shape index (κ1) is 18.0. The maximum absolute atomic E-state index is 11.6. The molecule has 0 amide bonds. The Morgan fingerprint density at radius 2 is 1.61 bits per heavy atom. The Bertz CT molecular complexity index is 449. The van der Waals surface area contributed by atoms with Gasteiger partial charge in [-0.25, -0.2) is 0 Å². The Morgan fingerprint density at radius 1 is 0.957 bits per heavy atom. The summed E-state index contributed by atoms with van der Waals surface area (Å²) < 4.78 is 5.12. The van der Waals surface area contributed by atoms with E-state index in [1.165, 1.54) is 56.1 Å². The van der Waals surface area contributed by atoms with Gasteiger partial charge in [0.25, 0.3) is 0 Å². The van der Waals surface area contributed by atoms with E-state index < -0.39 is 0 Å². The summed E-state index contributed by atoms with van der Waals surface area (Å²) in [6.07, 6.45) is 13.1. The molecule has 1 aromatic rings. The first-order valence-corrected chi connectivity index (χ1v) is 9.54. The molecule has 0 aromatic heterocycles. The quantitative estimate of drug-likeness (QED) is 0.422. The molecule has 1 aromatic carbocycles. The molecule has 0 radical (unpaired) electrons. The van der Waals surface area contributed by atoms with Crippen LogP contribution >= 0.6 is 0 Å². The third kappa shape index (κ3) is 6.76. The minimum absolute atomic E-state index is 0.0466. The molecule has 1 aliphatic heterocycles. The highest BCUT2D eigenvalue weighted by molar-refractivity contribution is 5.72. The number of aryl methyl sites for hydroxylation is 2. The fourth-order valence-corrected chi connectivity index (χ4v) is 3.37. The maximum atomic E-state index is 11.6. The fraction of sp³-hybridized carbons (Fsp3) is 0.667. The van der Waals surface area contributed by atoms with Gasteiger partial charge in [0, 0.05) is 0 Å². The lowest BCUT2D eigenvalue weighted by Gasteiger charge is -2.20. The van der Waals surface area contributed by atoms with Gasteiger partial charge in [-0.3, -0.25) is 4.79 Å². The number of hydrogen-bond donors (Lipinski definition) is 0. The van der Waals surface area contributed by atoms with E-state index in [4.69, 9.17) is 4.74 Å². The topological polar surface area (TPSA) is 26.3 Å². The summed E-state index contributed by atoms with van der Waals surface area (Å²) in [5.41, 5.74) is 2.90. The number of unbranched alkanes of at least 4 members (excludes halogenated alkanes) is 5. The van der Waals surface area contributed by atoms with Gasteiger partial charge in [-0.2, -0.15) is 0 Å². The van der Waals surface area contributed by atoms with Crippen LogP contribution in [-0.2, 0) is 22.4 Å². The number of rotatable bonds is 10. The van der Waals surface area contributed by atoms with E-state index in [9.17, 15) is 4.79 Å². The summed E-state index contributed by atoms with van der Waals surface area (Å²) in [6, 6.07) is 9.07. The number of cyclic esters (lactones) is 1. The van der Waals surface area contributed by atoms with Crippen molar-refractivity contribution in [3.63, 3.8) is 0 Å². The first-order valence-electron chi connectivity index (χ1n) is 9.54. The van der Waals surface area contributed by atoms with Gasteiger partial charge in [-0.15, -0.1) is 0 Å². The highest BCUT2D eigenvalue weighted by atomic mass is 16.5. The molecule has 1 saturated heterocycles. The Hall–Kier alpha value is -1.31. The van der Waals surface area contributed by atoms with Gasteiger partial charge in [-0.1, -0.05) is 63.3 Å². The monoisotopic (exact) mass is 316 g/mol. The van der Waals surface area contributed by atoms with Crippen molar-refractivity contribution in [3.8, 4) is 0 Å². The molecule has 0 bridgehead atoms. The molecule has 2 heteroatoms. The number of esters is 1. The molecule has 1 aliphatic rings. The van der Waals surface area contributed by atoms with Crippen LogP contribution in [0.4, 0.5) is 0 Å². The summed E-state index contributed by atoms with van der Waals surface area (Å²) in [5.74, 6) is 0.236. The van der Waals surface area contributed by atoms with E-state index in [-0.39, 0.29) is 11.9 Å². The summed E-state index contributed by atoms with van der Waals surface area (Å²) >= 11 is 0. The number of ether oxygens (including phenoxy) is 1. The Kier molecular flexibility index (Phi) is 8.20. The van der Waals surface area contributed by atoms with Crippen LogP contribution in [-0.4, -0.2) is 12.6 Å². The lowest BCUT2D eigenvalue weighted by Crippen LogP contribution is -2.23. The number of carbonyl (C=O) groups excluding carboxylic acids is 1. The van der Waals surface area contributed by atoms with Crippen molar-refractivity contribution in [2.45, 2.75) is 77.6 Å². The van der Waals surface area contributed by atoms with Crippen molar-refractivity contribution in [3.05, 3.63) is 35.4 Å². The molecule has 0 saturated carbocycles. The second-order valence-corrected chi connectivity index (χ2v) is 6.84. The minimum Gasteiger partial charge on any atom is -0.465 e. The van der Waals surface area contributed by atoms with Gasteiger partial charge in [0.05, 0.1) is 12.5 Å². The predicted molar refractivity (Wildman–Crippen MR) is 95.5 cm³/mol. The highest BCUT2D eigenvalue weighted by Crippen LogP contribution is 2.22. The van der Waals surface area contributed by atoms with Crippen LogP contribution in [0.1, 0.15) is 75.8 Å². The molecule has 128 valence electrons. The second-order valence-electron chi connectivity index (χ2n) is 6.84. The van der Waals surface area contributed by atoms with Crippen molar-refractivity contribution >= 4 is 5.97 Å². The Morgan fingerprint density at radius 3 is 2.30 bits per heavy atom. The van der Waals surface area contributed by atoms with Gasteiger partial charge in [-0.05, 0) is 49.7 Å². The summed E-state index contributed by atoms with van der Waals surface area (Å²) in [4.78, 5) is 11.6. The molecule has 1 heterocycles. The van der Waals surface area contributed by atoms with Crippen LogP contribution in [0.5, 0.6) is 0 Å². The van der Waals surface area contributed by atoms with E-state index in [1.54, 1.807) is 0 Å². The van der Waals surface area contributed by atoms with E-state index in [0.29, 0.717) is 6.61 Å². The molecular weight excluding hydrogens is 284 g/mol. The number of carbonyl (C=O) groups is 1. The zero-order valence-electron chi connectivity index (χ0n) is 14.7. The van der Waals surface area contributed by atoms with Crippen LogP contribution < -0.4 is 0 Å². The minimum atomic E-state index is 0.0466. The SMILES string of the molecule is CCc1ccc(CCCCCCCCC2CCCOC2=O)cc1. The van der Waals surface area contributed by atoms with Gasteiger partial charge < -0.3 is 4.74 Å². The first-order chi connectivity index (χ1) is 11.3. The zero-order chi connectivity index (χ0) is 16.3. The molecule has 1 unspecified atom stereocenters. The average molecular weight is 316 g/mol. The molecule has 23 heavy (non-hydrogen) atoms. The van der Waals surface area contributed by atoms with Crippen molar-refractivity contribution in [2.75, 3.05) is 6.61 Å². The molecule has 1 fully saturated rings. The van der Waals surface area contributed by atoms with Crippen molar-refractivity contribution in [1.82, 2.24) is 0 Å². The highest BCUT2D eigenvalue weighted by Gasteiger charge is 2.22. The van der Waals surface area contributed by atoms with Crippen LogP contribution in [0.15, 0.2) is 24.3 Å². The third-order valence-electron chi connectivity index (χ3n) is 4.97. The van der Waals surface area contributed by atoms with Crippen molar-refractivity contribution in [1.29, 1.82) is 0 Å². The third-order valence-corrected chi connectivity index (χ3v) is 4.97. The summed E-state index contributed by atoms with van der Waals surface area (Å²) in [5, 5.41) is 0. The standard InChI is InChI=1S/C21H32O2/c1-2-18-13-15-19(16-14-18)10-7-5-3-4-6-8-11-20-12-9-17-23-21(20)22/h13-16,20H,2-12,17H2,1H3.